The van der Waals surface area contributed by atoms with Crippen molar-refractivity contribution in [2.24, 2.45) is 0 Å². The average Bonchev–Trinajstić information content (AvgIpc) is 2.89. The maximum atomic E-state index is 12.6. The fourth-order valence-corrected chi connectivity index (χ4v) is 3.60. The van der Waals surface area contributed by atoms with Gasteiger partial charge in [0.1, 0.15) is 4.32 Å². The number of thioether (sulfide) groups is 1. The Bertz CT molecular complexity index is 855. The third-order valence-electron chi connectivity index (χ3n) is 3.57. The van der Waals surface area contributed by atoms with Gasteiger partial charge in [-0.2, -0.15) is 0 Å². The summed E-state index contributed by atoms with van der Waals surface area (Å²) >= 11 is 12.4. The molecule has 3 rings (SSSR count). The van der Waals surface area contributed by atoms with Crippen LogP contribution in [0.25, 0.3) is 6.08 Å². The first-order valence-electron chi connectivity index (χ1n) is 7.45. The van der Waals surface area contributed by atoms with Crippen molar-refractivity contribution in [3.63, 3.8) is 0 Å². The SMILES string of the molecule is O=C1C(=Cc2ccc(Cl)cc2)SC(=S)N1CNc1ccc(N([O-])O)cc1. The van der Waals surface area contributed by atoms with Gasteiger partial charge in [0, 0.05) is 10.7 Å². The summed E-state index contributed by atoms with van der Waals surface area (Å²) in [6.07, 6.45) is 1.77. The maximum Gasteiger partial charge on any atom is 0.267 e. The Hall–Kier alpha value is -2.10. The molecular formula is C17H13ClN3O3S2-. The van der Waals surface area contributed by atoms with Crippen LogP contribution in [0.1, 0.15) is 5.56 Å². The highest BCUT2D eigenvalue weighted by atomic mass is 35.5. The first-order valence-corrected chi connectivity index (χ1v) is 9.05. The summed E-state index contributed by atoms with van der Waals surface area (Å²) in [6.45, 7) is 0.197. The largest absolute Gasteiger partial charge is 0.733 e. The first-order chi connectivity index (χ1) is 12.4. The van der Waals surface area contributed by atoms with Crippen LogP contribution in [0.15, 0.2) is 53.4 Å². The summed E-state index contributed by atoms with van der Waals surface area (Å²) in [5.74, 6) is -0.180. The van der Waals surface area contributed by atoms with Gasteiger partial charge < -0.3 is 15.8 Å². The van der Waals surface area contributed by atoms with Gasteiger partial charge in [-0.25, -0.2) is 0 Å². The van der Waals surface area contributed by atoms with Crippen molar-refractivity contribution in [2.45, 2.75) is 0 Å². The molecule has 1 amide bonds. The number of benzene rings is 2. The number of thiocarbonyl (C=S) groups is 1. The van der Waals surface area contributed by atoms with E-state index in [-0.39, 0.29) is 23.5 Å². The second-order valence-corrected chi connectivity index (χ2v) is 7.43. The number of hydrogen-bond donors (Lipinski definition) is 2. The van der Waals surface area contributed by atoms with Crippen LogP contribution < -0.4 is 10.5 Å². The molecule has 6 nitrogen and oxygen atoms in total. The molecule has 1 aliphatic heterocycles. The fourth-order valence-electron chi connectivity index (χ4n) is 2.22. The van der Waals surface area contributed by atoms with Crippen molar-refractivity contribution in [3.05, 3.63) is 69.2 Å². The number of nitrogens with zero attached hydrogens (tertiary/aromatic N) is 2. The van der Waals surface area contributed by atoms with E-state index in [0.29, 0.717) is 19.9 Å². The molecule has 0 bridgehead atoms. The van der Waals surface area contributed by atoms with E-state index in [4.69, 9.17) is 29.0 Å². The molecule has 0 spiro atoms. The molecule has 9 heteroatoms. The lowest BCUT2D eigenvalue weighted by Crippen LogP contribution is -2.33. The molecule has 1 heterocycles. The summed E-state index contributed by atoms with van der Waals surface area (Å²) in [5.41, 5.74) is 1.67. The van der Waals surface area contributed by atoms with E-state index in [2.05, 4.69) is 5.32 Å². The molecule has 0 aliphatic carbocycles. The van der Waals surface area contributed by atoms with Crippen LogP contribution in [0.4, 0.5) is 11.4 Å². The van der Waals surface area contributed by atoms with Crippen LogP contribution in [-0.2, 0) is 4.79 Å². The molecule has 0 unspecified atom stereocenters. The lowest BCUT2D eigenvalue weighted by Gasteiger charge is -2.22. The van der Waals surface area contributed by atoms with Gasteiger partial charge in [-0.3, -0.25) is 14.9 Å². The number of hydrogen-bond acceptors (Lipinski definition) is 7. The Morgan fingerprint density at radius 1 is 1.23 bits per heavy atom. The van der Waals surface area contributed by atoms with Gasteiger partial charge in [-0.1, -0.05) is 47.7 Å². The van der Waals surface area contributed by atoms with Gasteiger partial charge in [-0.15, -0.1) is 0 Å². The van der Waals surface area contributed by atoms with Crippen LogP contribution in [0.5, 0.6) is 0 Å². The Morgan fingerprint density at radius 2 is 1.88 bits per heavy atom. The van der Waals surface area contributed by atoms with Crippen molar-refractivity contribution >= 4 is 63.3 Å². The number of nitrogens with one attached hydrogen (secondary N) is 1. The number of carbonyl (C=O) groups excluding carboxylic acids is 1. The predicted octanol–water partition coefficient (Wildman–Crippen LogP) is 4.30. The molecule has 0 radical (unpaired) electrons. The minimum absolute atomic E-state index is 0.118. The summed E-state index contributed by atoms with van der Waals surface area (Å²) in [4.78, 5) is 14.6. The second-order valence-electron chi connectivity index (χ2n) is 5.32. The van der Waals surface area contributed by atoms with E-state index in [0.717, 1.165) is 5.56 Å². The number of anilines is 2. The van der Waals surface area contributed by atoms with Gasteiger partial charge in [0.15, 0.2) is 0 Å². The Morgan fingerprint density at radius 3 is 2.50 bits per heavy atom. The Labute approximate surface area is 164 Å². The highest BCUT2D eigenvalue weighted by molar-refractivity contribution is 8.26. The Kier molecular flexibility index (Phi) is 5.80. The average molecular weight is 407 g/mol. The minimum Gasteiger partial charge on any atom is -0.733 e. The number of rotatable bonds is 5. The van der Waals surface area contributed by atoms with E-state index >= 15 is 0 Å². The summed E-state index contributed by atoms with van der Waals surface area (Å²) in [5, 5.41) is 23.1. The zero-order valence-corrected chi connectivity index (χ0v) is 15.6. The van der Waals surface area contributed by atoms with E-state index in [1.165, 1.54) is 28.8 Å². The van der Waals surface area contributed by atoms with Crippen molar-refractivity contribution < 1.29 is 10.0 Å². The van der Waals surface area contributed by atoms with Gasteiger partial charge >= 0.3 is 0 Å². The summed E-state index contributed by atoms with van der Waals surface area (Å²) in [7, 11) is 0. The molecule has 2 aromatic rings. The third kappa shape index (κ3) is 4.35. The van der Waals surface area contributed by atoms with Crippen molar-refractivity contribution in [1.29, 1.82) is 0 Å². The van der Waals surface area contributed by atoms with Crippen molar-refractivity contribution in [2.75, 3.05) is 17.2 Å². The van der Waals surface area contributed by atoms with E-state index in [1.54, 1.807) is 30.3 Å². The number of carbonyl (C=O) groups is 1. The van der Waals surface area contributed by atoms with Crippen molar-refractivity contribution in [3.8, 4) is 0 Å². The molecular weight excluding hydrogens is 394 g/mol. The molecule has 2 N–H and O–H groups in total. The number of amides is 1. The molecule has 2 aromatic carbocycles. The smallest absolute Gasteiger partial charge is 0.267 e. The summed E-state index contributed by atoms with van der Waals surface area (Å²) < 4.78 is 0.459. The normalized spacial score (nSPS) is 15.7. The summed E-state index contributed by atoms with van der Waals surface area (Å²) in [6, 6.07) is 13.3. The molecule has 26 heavy (non-hydrogen) atoms. The number of halogens is 1. The van der Waals surface area contributed by atoms with E-state index in [9.17, 15) is 10.0 Å². The van der Waals surface area contributed by atoms with E-state index < -0.39 is 0 Å². The highest BCUT2D eigenvalue weighted by Crippen LogP contribution is 2.32. The van der Waals surface area contributed by atoms with Crippen LogP contribution in [0.3, 0.4) is 0 Å². The maximum absolute atomic E-state index is 12.6. The van der Waals surface area contributed by atoms with Crippen LogP contribution >= 0.6 is 35.6 Å². The molecule has 1 saturated heterocycles. The first kappa shape index (κ1) is 18.7. The third-order valence-corrected chi connectivity index (χ3v) is 5.20. The van der Waals surface area contributed by atoms with Crippen LogP contribution in [0.2, 0.25) is 5.02 Å². The predicted molar refractivity (Wildman–Crippen MR) is 109 cm³/mol. The quantitative estimate of drug-likeness (QED) is 0.435. The highest BCUT2D eigenvalue weighted by Gasteiger charge is 2.31. The zero-order chi connectivity index (χ0) is 18.7. The molecule has 1 fully saturated rings. The monoisotopic (exact) mass is 406 g/mol. The van der Waals surface area contributed by atoms with E-state index in [1.807, 2.05) is 12.1 Å². The van der Waals surface area contributed by atoms with Crippen LogP contribution in [0, 0.1) is 5.21 Å². The van der Waals surface area contributed by atoms with Crippen LogP contribution in [-0.4, -0.2) is 27.0 Å². The lowest BCUT2D eigenvalue weighted by atomic mass is 10.2. The molecule has 0 atom stereocenters. The fraction of sp³-hybridized carbons (Fsp3) is 0.0588. The zero-order valence-electron chi connectivity index (χ0n) is 13.3. The molecule has 134 valence electrons. The second kappa shape index (κ2) is 8.07. The molecule has 1 aliphatic rings. The molecule has 0 saturated carbocycles. The van der Waals surface area contributed by atoms with Gasteiger partial charge in [-0.05, 0) is 48.0 Å². The van der Waals surface area contributed by atoms with Gasteiger partial charge in [0.05, 0.1) is 17.3 Å². The topological polar surface area (TPSA) is 78.9 Å². The minimum atomic E-state index is -0.215. The Balaban J connectivity index is 1.66. The molecule has 0 aromatic heterocycles. The van der Waals surface area contributed by atoms with Gasteiger partial charge in [0.2, 0.25) is 0 Å². The van der Waals surface area contributed by atoms with Crippen molar-refractivity contribution in [1.82, 2.24) is 4.90 Å². The lowest BCUT2D eigenvalue weighted by molar-refractivity contribution is -0.121. The standard InChI is InChI=1S/C17H13ClN3O3S2/c18-12-3-1-11(2-4-12)9-15-16(22)20(17(25)26-15)10-19-13-5-7-14(8-6-13)21(23)24/h1-9,19,23H,10H2/q-1. The van der Waals surface area contributed by atoms with Gasteiger partial charge in [0.25, 0.3) is 5.91 Å².